The fourth-order valence-corrected chi connectivity index (χ4v) is 4.01. The number of nitrogens with zero attached hydrogens (tertiary/aromatic N) is 4. The highest BCUT2D eigenvalue weighted by Crippen LogP contribution is 2.38. The van der Waals surface area contributed by atoms with E-state index in [2.05, 4.69) is 19.9 Å². The quantitative estimate of drug-likeness (QED) is 0.459. The number of benzene rings is 1. The van der Waals surface area contributed by atoms with Crippen LogP contribution in [0.4, 0.5) is 13.2 Å². The monoisotopic (exact) mass is 475 g/mol. The lowest BCUT2D eigenvalue weighted by molar-refractivity contribution is 0.0436. The van der Waals surface area contributed by atoms with Gasteiger partial charge < -0.3 is 23.8 Å². The Labute approximate surface area is 190 Å². The van der Waals surface area contributed by atoms with Gasteiger partial charge in [-0.2, -0.15) is 0 Å². The van der Waals surface area contributed by atoms with Gasteiger partial charge in [0.25, 0.3) is 12.3 Å². The van der Waals surface area contributed by atoms with Gasteiger partial charge in [0, 0.05) is 18.7 Å². The molecule has 0 aliphatic carbocycles. The molecule has 0 fully saturated rings. The Morgan fingerprint density at radius 1 is 1.29 bits per heavy atom. The smallest absolute Gasteiger partial charge is 0.292 e. The van der Waals surface area contributed by atoms with Gasteiger partial charge in [0.05, 0.1) is 12.0 Å². The average Bonchev–Trinajstić information content (AvgIpc) is 3.52. The second kappa shape index (κ2) is 7.69. The Kier molecular flexibility index (Phi) is 5.01. The summed E-state index contributed by atoms with van der Waals surface area (Å²) in [5.74, 6) is -2.65. The van der Waals surface area contributed by atoms with E-state index in [1.165, 1.54) is 37.2 Å². The first-order valence-electron chi connectivity index (χ1n) is 10.5. The Hall–Kier alpha value is -3.67. The molecule has 1 atom stereocenters. The zero-order chi connectivity index (χ0) is 24.4. The van der Waals surface area contributed by atoms with Gasteiger partial charge in [-0.25, -0.2) is 28.1 Å². The van der Waals surface area contributed by atoms with Crippen molar-refractivity contribution >= 4 is 17.0 Å². The second-order valence-electron chi connectivity index (χ2n) is 8.60. The normalized spacial score (nSPS) is 16.5. The van der Waals surface area contributed by atoms with Crippen molar-refractivity contribution in [2.45, 2.75) is 45.3 Å². The van der Waals surface area contributed by atoms with Crippen LogP contribution in [0.1, 0.15) is 71.3 Å². The van der Waals surface area contributed by atoms with Crippen LogP contribution in [-0.4, -0.2) is 42.4 Å². The van der Waals surface area contributed by atoms with Crippen LogP contribution < -0.4 is 0 Å². The molecule has 9 nitrogen and oxygen atoms in total. The number of hydrogen-bond donors (Lipinski definition) is 2. The fourth-order valence-electron chi connectivity index (χ4n) is 4.01. The summed E-state index contributed by atoms with van der Waals surface area (Å²) in [4.78, 5) is 30.0. The first-order chi connectivity index (χ1) is 16.1. The number of rotatable bonds is 4. The summed E-state index contributed by atoms with van der Waals surface area (Å²) in [7, 11) is 0. The van der Waals surface area contributed by atoms with E-state index < -0.39 is 47.1 Å². The summed E-state index contributed by atoms with van der Waals surface area (Å²) in [6.45, 7) is 4.41. The Balaban J connectivity index is 1.65. The summed E-state index contributed by atoms with van der Waals surface area (Å²) < 4.78 is 53.1. The molecule has 0 unspecified atom stereocenters. The number of halogens is 3. The summed E-state index contributed by atoms with van der Waals surface area (Å²) in [6.07, 6.45) is -1.34. The predicted molar refractivity (Wildman–Crippen MR) is 111 cm³/mol. The predicted octanol–water partition coefficient (Wildman–Crippen LogP) is 3.94. The van der Waals surface area contributed by atoms with E-state index in [1.54, 1.807) is 6.92 Å². The molecule has 12 heteroatoms. The molecule has 4 aromatic rings. The molecule has 0 saturated heterocycles. The van der Waals surface area contributed by atoms with Crippen molar-refractivity contribution < 1.29 is 31.9 Å². The molecule has 178 valence electrons. The van der Waals surface area contributed by atoms with Crippen molar-refractivity contribution in [3.8, 4) is 0 Å². The third kappa shape index (κ3) is 3.45. The number of imidazole rings is 1. The minimum absolute atomic E-state index is 0.0118. The summed E-state index contributed by atoms with van der Waals surface area (Å²) in [5.41, 5.74) is -0.634. The molecule has 0 bridgehead atoms. The lowest BCUT2D eigenvalue weighted by Crippen LogP contribution is -2.41. The van der Waals surface area contributed by atoms with Gasteiger partial charge in [0.1, 0.15) is 11.1 Å². The first kappa shape index (κ1) is 22.1. The van der Waals surface area contributed by atoms with Gasteiger partial charge >= 0.3 is 0 Å². The molecule has 0 spiro atoms. The number of H-pyrrole nitrogens is 1. The second-order valence-corrected chi connectivity index (χ2v) is 8.60. The van der Waals surface area contributed by atoms with Gasteiger partial charge in [-0.3, -0.25) is 4.79 Å². The lowest BCUT2D eigenvalue weighted by Gasteiger charge is -2.32. The van der Waals surface area contributed by atoms with E-state index in [4.69, 9.17) is 8.83 Å². The maximum absolute atomic E-state index is 14.4. The van der Waals surface area contributed by atoms with Crippen LogP contribution in [0.25, 0.3) is 11.1 Å². The zero-order valence-electron chi connectivity index (χ0n) is 18.4. The Bertz CT molecular complexity index is 1360. The number of hydrogen-bond acceptors (Lipinski definition) is 7. The van der Waals surface area contributed by atoms with Crippen molar-refractivity contribution in [3.63, 3.8) is 0 Å². The van der Waals surface area contributed by atoms with Crippen LogP contribution in [0, 0.1) is 12.7 Å². The van der Waals surface area contributed by atoms with Crippen molar-refractivity contribution in [1.29, 1.82) is 0 Å². The van der Waals surface area contributed by atoms with Gasteiger partial charge in [-0.1, -0.05) is 6.07 Å². The topological polar surface area (TPSA) is 121 Å². The number of amides is 1. The molecular weight excluding hydrogens is 455 g/mol. The largest absolute Gasteiger partial charge is 0.438 e. The van der Waals surface area contributed by atoms with Gasteiger partial charge in [-0.05, 0) is 32.4 Å². The highest BCUT2D eigenvalue weighted by molar-refractivity contribution is 5.93. The maximum atomic E-state index is 14.4. The standard InChI is InChI=1S/C22H20F3N5O4/c1-9-4-5-10(23)12-16(9)33-19(28-12)15-13-11(26-8-27-13)6-7-30(15)20(31)17-14(18(24)25)29-21(34-17)22(2,3)32/h4-5,8,15,18,32H,6-7H2,1-3H3,(H,26,27)/t15-/m0/s1. The number of alkyl halides is 2. The third-order valence-corrected chi connectivity index (χ3v) is 5.71. The number of nitrogens with one attached hydrogen (secondary N) is 1. The molecule has 1 aliphatic rings. The number of aromatic nitrogens is 4. The van der Waals surface area contributed by atoms with E-state index in [0.717, 1.165) is 0 Å². The summed E-state index contributed by atoms with van der Waals surface area (Å²) >= 11 is 0. The van der Waals surface area contributed by atoms with Crippen LogP contribution in [0.3, 0.4) is 0 Å². The Morgan fingerprint density at radius 2 is 2.06 bits per heavy atom. The summed E-state index contributed by atoms with van der Waals surface area (Å²) in [6, 6.07) is 1.77. The number of fused-ring (bicyclic) bond motifs is 2. The molecule has 1 aromatic carbocycles. The number of carbonyl (C=O) groups is 1. The van der Waals surface area contributed by atoms with E-state index in [1.807, 2.05) is 0 Å². The highest BCUT2D eigenvalue weighted by atomic mass is 19.3. The van der Waals surface area contributed by atoms with Crippen LogP contribution in [0.15, 0.2) is 27.3 Å². The zero-order valence-corrected chi connectivity index (χ0v) is 18.4. The molecule has 5 rings (SSSR count). The maximum Gasteiger partial charge on any atom is 0.292 e. The highest BCUT2D eigenvalue weighted by Gasteiger charge is 2.42. The van der Waals surface area contributed by atoms with Crippen molar-refractivity contribution in [2.24, 2.45) is 0 Å². The van der Waals surface area contributed by atoms with E-state index in [9.17, 15) is 23.1 Å². The van der Waals surface area contributed by atoms with E-state index in [0.29, 0.717) is 23.4 Å². The van der Waals surface area contributed by atoms with Gasteiger partial charge in [0.2, 0.25) is 17.5 Å². The first-order valence-corrected chi connectivity index (χ1v) is 10.5. The molecule has 0 saturated carbocycles. The molecule has 0 radical (unpaired) electrons. The molecule has 2 N–H and O–H groups in total. The molecule has 1 aliphatic heterocycles. The van der Waals surface area contributed by atoms with Gasteiger partial charge in [0.15, 0.2) is 23.1 Å². The van der Waals surface area contributed by atoms with Crippen molar-refractivity contribution in [1.82, 2.24) is 24.8 Å². The summed E-state index contributed by atoms with van der Waals surface area (Å²) in [5, 5.41) is 10.2. The van der Waals surface area contributed by atoms with Crippen LogP contribution in [0.2, 0.25) is 0 Å². The van der Waals surface area contributed by atoms with Gasteiger partial charge in [-0.15, -0.1) is 0 Å². The average molecular weight is 475 g/mol. The molecular formula is C22H20F3N5O4. The number of aryl methyl sites for hydroxylation is 1. The molecule has 1 amide bonds. The Morgan fingerprint density at radius 3 is 2.74 bits per heavy atom. The minimum atomic E-state index is -3.12. The SMILES string of the molecule is Cc1ccc(F)c2nc([C@@H]3c4nc[nH]c4CCN3C(=O)c3oc(C(C)(C)O)nc3C(F)F)oc12. The third-order valence-electron chi connectivity index (χ3n) is 5.71. The fraction of sp³-hybridized carbons (Fsp3) is 0.364. The minimum Gasteiger partial charge on any atom is -0.438 e. The number of aliphatic hydroxyl groups is 1. The number of oxazole rings is 2. The number of aromatic amines is 1. The van der Waals surface area contributed by atoms with E-state index in [-0.39, 0.29) is 23.5 Å². The van der Waals surface area contributed by atoms with Crippen LogP contribution in [0.5, 0.6) is 0 Å². The lowest BCUT2D eigenvalue weighted by atomic mass is 10.0. The van der Waals surface area contributed by atoms with Crippen LogP contribution >= 0.6 is 0 Å². The molecule has 4 heterocycles. The van der Waals surface area contributed by atoms with E-state index >= 15 is 0 Å². The number of carbonyl (C=O) groups excluding carboxylic acids is 1. The molecule has 3 aromatic heterocycles. The van der Waals surface area contributed by atoms with Crippen LogP contribution in [-0.2, 0) is 12.0 Å². The van der Waals surface area contributed by atoms with Crippen molar-refractivity contribution in [3.05, 3.63) is 64.5 Å². The van der Waals surface area contributed by atoms with Crippen molar-refractivity contribution in [2.75, 3.05) is 6.54 Å². The molecule has 34 heavy (non-hydrogen) atoms.